The number of amides is 1. The van der Waals surface area contributed by atoms with Crippen LogP contribution >= 0.6 is 0 Å². The van der Waals surface area contributed by atoms with E-state index in [0.29, 0.717) is 11.9 Å². The Morgan fingerprint density at radius 3 is 2.61 bits per heavy atom. The largest absolute Gasteiger partial charge is 0.381 e. The van der Waals surface area contributed by atoms with Crippen molar-refractivity contribution in [2.45, 2.75) is 37.8 Å². The van der Waals surface area contributed by atoms with Crippen LogP contribution in [0.2, 0.25) is 0 Å². The average Bonchev–Trinajstić information content (AvgIpc) is 3.04. The van der Waals surface area contributed by atoms with Crippen LogP contribution in [-0.4, -0.2) is 55.1 Å². The Hall–Kier alpha value is -2.60. The molecule has 2 aromatic rings. The SMILES string of the molecule is CC1Nc2ccccc2C1C(=O)Nc1ccc(N2CCC(N(C)C)CC2)cn1. The molecule has 1 saturated heterocycles. The highest BCUT2D eigenvalue weighted by Crippen LogP contribution is 2.36. The molecule has 28 heavy (non-hydrogen) atoms. The summed E-state index contributed by atoms with van der Waals surface area (Å²) in [7, 11) is 4.30. The lowest BCUT2D eigenvalue weighted by Crippen LogP contribution is -2.42. The topological polar surface area (TPSA) is 60.5 Å². The number of rotatable bonds is 4. The van der Waals surface area contributed by atoms with Gasteiger partial charge in [0, 0.05) is 30.9 Å². The number of carbonyl (C=O) groups is 1. The zero-order chi connectivity index (χ0) is 19.7. The molecule has 2 aliphatic rings. The first-order valence-electron chi connectivity index (χ1n) is 10.1. The Labute approximate surface area is 166 Å². The second-order valence-corrected chi connectivity index (χ2v) is 8.07. The first-order valence-corrected chi connectivity index (χ1v) is 10.1. The first-order chi connectivity index (χ1) is 13.5. The van der Waals surface area contributed by atoms with E-state index in [4.69, 9.17) is 0 Å². The van der Waals surface area contributed by atoms with Gasteiger partial charge in [-0.1, -0.05) is 18.2 Å². The van der Waals surface area contributed by atoms with Gasteiger partial charge >= 0.3 is 0 Å². The molecule has 0 radical (unpaired) electrons. The molecule has 3 heterocycles. The van der Waals surface area contributed by atoms with E-state index in [2.05, 4.69) is 45.6 Å². The van der Waals surface area contributed by atoms with Crippen molar-refractivity contribution in [3.8, 4) is 0 Å². The van der Waals surface area contributed by atoms with Crippen molar-refractivity contribution in [2.24, 2.45) is 0 Å². The summed E-state index contributed by atoms with van der Waals surface area (Å²) in [4.78, 5) is 22.0. The maximum atomic E-state index is 12.9. The minimum absolute atomic E-state index is 0.0167. The molecule has 0 saturated carbocycles. The quantitative estimate of drug-likeness (QED) is 0.855. The molecule has 4 rings (SSSR count). The zero-order valence-electron chi connectivity index (χ0n) is 16.9. The molecule has 0 bridgehead atoms. The number of anilines is 3. The second-order valence-electron chi connectivity index (χ2n) is 8.07. The van der Waals surface area contributed by atoms with Gasteiger partial charge in [0.2, 0.25) is 5.91 Å². The van der Waals surface area contributed by atoms with Crippen LogP contribution in [0, 0.1) is 0 Å². The van der Waals surface area contributed by atoms with Crippen LogP contribution < -0.4 is 15.5 Å². The summed E-state index contributed by atoms with van der Waals surface area (Å²) in [5, 5.41) is 6.38. The molecule has 2 N–H and O–H groups in total. The van der Waals surface area contributed by atoms with Crippen LogP contribution in [0.1, 0.15) is 31.2 Å². The van der Waals surface area contributed by atoms with Crippen LogP contribution in [0.5, 0.6) is 0 Å². The Bertz CT molecular complexity index is 827. The molecule has 6 nitrogen and oxygen atoms in total. The fourth-order valence-electron chi connectivity index (χ4n) is 4.36. The van der Waals surface area contributed by atoms with E-state index in [0.717, 1.165) is 42.9 Å². The summed E-state index contributed by atoms with van der Waals surface area (Å²) in [6.07, 6.45) is 4.20. The molecule has 1 aromatic heterocycles. The number of nitrogens with zero attached hydrogens (tertiary/aromatic N) is 3. The minimum atomic E-state index is -0.206. The van der Waals surface area contributed by atoms with E-state index in [-0.39, 0.29) is 17.9 Å². The van der Waals surface area contributed by atoms with Crippen LogP contribution in [0.15, 0.2) is 42.6 Å². The highest BCUT2D eigenvalue weighted by Gasteiger charge is 2.34. The first kappa shape index (κ1) is 18.7. The van der Waals surface area contributed by atoms with Gasteiger partial charge in [0.1, 0.15) is 5.82 Å². The number of piperidine rings is 1. The number of fused-ring (bicyclic) bond motifs is 1. The lowest BCUT2D eigenvalue weighted by molar-refractivity contribution is -0.117. The van der Waals surface area contributed by atoms with Crippen LogP contribution in [0.3, 0.4) is 0 Å². The summed E-state index contributed by atoms with van der Waals surface area (Å²) in [6, 6.07) is 12.7. The van der Waals surface area contributed by atoms with E-state index >= 15 is 0 Å². The number of hydrogen-bond donors (Lipinski definition) is 2. The number of benzene rings is 1. The molecule has 6 heteroatoms. The molecular formula is C22H29N5O. The maximum absolute atomic E-state index is 12.9. The number of aromatic nitrogens is 1. The van der Waals surface area contributed by atoms with E-state index in [1.54, 1.807) is 0 Å². The fourth-order valence-corrected chi connectivity index (χ4v) is 4.36. The van der Waals surface area contributed by atoms with Gasteiger partial charge < -0.3 is 20.4 Å². The molecule has 1 aromatic carbocycles. The summed E-state index contributed by atoms with van der Waals surface area (Å²) >= 11 is 0. The van der Waals surface area contributed by atoms with Crippen molar-refractivity contribution in [1.82, 2.24) is 9.88 Å². The summed E-state index contributed by atoms with van der Waals surface area (Å²) < 4.78 is 0. The van der Waals surface area contributed by atoms with Gasteiger partial charge in [-0.05, 0) is 57.6 Å². The van der Waals surface area contributed by atoms with Crippen molar-refractivity contribution < 1.29 is 4.79 Å². The molecule has 0 aliphatic carbocycles. The van der Waals surface area contributed by atoms with Gasteiger partial charge in [0.05, 0.1) is 17.8 Å². The smallest absolute Gasteiger partial charge is 0.235 e. The third-order valence-electron chi connectivity index (χ3n) is 6.02. The predicted molar refractivity (Wildman–Crippen MR) is 114 cm³/mol. The molecule has 148 valence electrons. The second kappa shape index (κ2) is 7.80. The minimum Gasteiger partial charge on any atom is -0.381 e. The van der Waals surface area contributed by atoms with Crippen LogP contribution in [0.25, 0.3) is 0 Å². The van der Waals surface area contributed by atoms with Crippen molar-refractivity contribution in [2.75, 3.05) is 42.7 Å². The average molecular weight is 380 g/mol. The van der Waals surface area contributed by atoms with Gasteiger partial charge in [-0.15, -0.1) is 0 Å². The Balaban J connectivity index is 1.39. The Morgan fingerprint density at radius 1 is 1.18 bits per heavy atom. The maximum Gasteiger partial charge on any atom is 0.235 e. The molecule has 1 fully saturated rings. The molecule has 2 aliphatic heterocycles. The van der Waals surface area contributed by atoms with Crippen molar-refractivity contribution in [3.63, 3.8) is 0 Å². The van der Waals surface area contributed by atoms with Crippen molar-refractivity contribution in [1.29, 1.82) is 0 Å². The Morgan fingerprint density at radius 2 is 1.93 bits per heavy atom. The number of carbonyl (C=O) groups excluding carboxylic acids is 1. The van der Waals surface area contributed by atoms with Crippen molar-refractivity contribution in [3.05, 3.63) is 48.2 Å². The number of nitrogens with one attached hydrogen (secondary N) is 2. The van der Waals surface area contributed by atoms with Crippen molar-refractivity contribution >= 4 is 23.1 Å². The van der Waals surface area contributed by atoms with Gasteiger partial charge in [-0.25, -0.2) is 4.98 Å². The molecule has 0 spiro atoms. The Kier molecular flexibility index (Phi) is 5.22. The van der Waals surface area contributed by atoms with Gasteiger partial charge in [0.25, 0.3) is 0 Å². The summed E-state index contributed by atoms with van der Waals surface area (Å²) in [5.41, 5.74) is 3.21. The normalized spacial score (nSPS) is 22.1. The van der Waals surface area contributed by atoms with E-state index in [1.807, 2.05) is 43.5 Å². The number of para-hydroxylation sites is 1. The summed E-state index contributed by atoms with van der Waals surface area (Å²) in [6.45, 7) is 4.12. The number of pyridine rings is 1. The van der Waals surface area contributed by atoms with E-state index < -0.39 is 0 Å². The van der Waals surface area contributed by atoms with Crippen LogP contribution in [0.4, 0.5) is 17.2 Å². The molecular weight excluding hydrogens is 350 g/mol. The van der Waals surface area contributed by atoms with Crippen LogP contribution in [-0.2, 0) is 4.79 Å². The zero-order valence-corrected chi connectivity index (χ0v) is 16.9. The molecule has 1 amide bonds. The van der Waals surface area contributed by atoms with E-state index in [9.17, 15) is 4.79 Å². The van der Waals surface area contributed by atoms with Gasteiger partial charge in [-0.3, -0.25) is 4.79 Å². The third-order valence-corrected chi connectivity index (χ3v) is 6.02. The van der Waals surface area contributed by atoms with E-state index in [1.165, 1.54) is 0 Å². The molecule has 2 atom stereocenters. The fraction of sp³-hybridized carbons (Fsp3) is 0.455. The highest BCUT2D eigenvalue weighted by atomic mass is 16.2. The third kappa shape index (κ3) is 3.69. The lowest BCUT2D eigenvalue weighted by Gasteiger charge is -2.36. The monoisotopic (exact) mass is 379 g/mol. The van der Waals surface area contributed by atoms with Gasteiger partial charge in [-0.2, -0.15) is 0 Å². The van der Waals surface area contributed by atoms with Gasteiger partial charge in [0.15, 0.2) is 0 Å². The number of hydrogen-bond acceptors (Lipinski definition) is 5. The lowest BCUT2D eigenvalue weighted by atomic mass is 9.95. The summed E-state index contributed by atoms with van der Waals surface area (Å²) in [5.74, 6) is 0.383. The molecule has 2 unspecified atom stereocenters. The standard InChI is InChI=1S/C22H29N5O/c1-15-21(18-6-4-5-7-19(18)24-15)22(28)25-20-9-8-17(14-23-20)27-12-10-16(11-13-27)26(2)3/h4-9,14-16,21,24H,10-13H2,1-3H3,(H,23,25,28). The highest BCUT2D eigenvalue weighted by molar-refractivity contribution is 5.98. The predicted octanol–water partition coefficient (Wildman–Crippen LogP) is 3.15.